The van der Waals surface area contributed by atoms with Crippen LogP contribution in [-0.4, -0.2) is 60.1 Å². The number of carbonyl (C=O) groups is 1. The number of morpholine rings is 1. The number of nitrogens with two attached hydrogens (primary N) is 1. The Morgan fingerprint density at radius 1 is 1.06 bits per heavy atom. The molecule has 10 heteroatoms. The number of fused-ring (bicyclic) bond motifs is 3. The van der Waals surface area contributed by atoms with Crippen LogP contribution in [0, 0.1) is 0 Å². The number of aromatic nitrogens is 3. The van der Waals surface area contributed by atoms with Crippen LogP contribution in [0.1, 0.15) is 15.9 Å². The minimum Gasteiger partial charge on any atom is -0.454 e. The fraction of sp³-hybridized carbons (Fsp3) is 0.320. The van der Waals surface area contributed by atoms with Crippen molar-refractivity contribution < 1.29 is 23.9 Å². The first-order valence-electron chi connectivity index (χ1n) is 11.8. The number of quaternary nitrogens is 1. The number of benzene rings is 2. The minimum atomic E-state index is -0.285. The number of ether oxygens (including phenoxy) is 3. The quantitative estimate of drug-likeness (QED) is 0.377. The molecule has 0 spiro atoms. The Morgan fingerprint density at radius 2 is 1.83 bits per heavy atom. The molecule has 0 radical (unpaired) electrons. The molecule has 1 amide bonds. The number of anilines is 1. The Labute approximate surface area is 201 Å². The highest BCUT2D eigenvalue weighted by Gasteiger charge is 2.25. The zero-order chi connectivity index (χ0) is 23.8. The van der Waals surface area contributed by atoms with E-state index >= 15 is 0 Å². The Kier molecular flexibility index (Phi) is 5.59. The number of nitrogens with one attached hydrogen (secondary N) is 2. The van der Waals surface area contributed by atoms with Crippen molar-refractivity contribution in [1.29, 1.82) is 0 Å². The average Bonchev–Trinajstić information content (AvgIpc) is 3.46. The molecule has 0 atom stereocenters. The molecular formula is C25H27N6O4+. The minimum absolute atomic E-state index is 0.208. The predicted octanol–water partition coefficient (Wildman–Crippen LogP) is 0.740. The second-order valence-corrected chi connectivity index (χ2v) is 8.78. The molecule has 2 aromatic heterocycles. The monoisotopic (exact) mass is 475 g/mol. The molecule has 6 rings (SSSR count). The van der Waals surface area contributed by atoms with Gasteiger partial charge in [0.2, 0.25) is 6.79 Å². The van der Waals surface area contributed by atoms with Crippen molar-refractivity contribution in [1.82, 2.24) is 19.9 Å². The van der Waals surface area contributed by atoms with Gasteiger partial charge in [0.25, 0.3) is 5.91 Å². The zero-order valence-electron chi connectivity index (χ0n) is 19.3. The number of hydrogen-bond acceptors (Lipinski definition) is 7. The van der Waals surface area contributed by atoms with E-state index in [0.717, 1.165) is 49.4 Å². The summed E-state index contributed by atoms with van der Waals surface area (Å²) in [5, 5.41) is 2.99. The third-order valence-corrected chi connectivity index (χ3v) is 6.60. The number of amides is 1. The molecule has 4 N–H and O–H groups in total. The molecule has 10 nitrogen and oxygen atoms in total. The fourth-order valence-electron chi connectivity index (χ4n) is 4.67. The van der Waals surface area contributed by atoms with Gasteiger partial charge in [0.05, 0.1) is 37.3 Å². The standard InChI is InChI=1S/C25H26N6O4/c26-23-21(25(32)27-14-16-5-6-19-20(13-16)35-15-34-19)22-24(29-18-4-2-1-3-17(18)28-22)31(23)8-7-30-9-11-33-12-10-30/h1-6,13H,7-12,14-15,26H2,(H,27,32)/p+1. The highest BCUT2D eigenvalue weighted by atomic mass is 16.7. The van der Waals surface area contributed by atoms with E-state index in [9.17, 15) is 4.79 Å². The summed E-state index contributed by atoms with van der Waals surface area (Å²) in [4.78, 5) is 24.5. The number of nitrogens with zero attached hydrogens (tertiary/aromatic N) is 3. The Balaban J connectivity index is 1.32. The molecule has 180 valence electrons. The van der Waals surface area contributed by atoms with E-state index in [4.69, 9.17) is 29.9 Å². The SMILES string of the molecule is Nc1c(C(=O)NCc2ccc3c(c2)OCO3)c2nc3ccccc3nc2n1CC[NH+]1CCOCC1. The molecule has 0 aliphatic carbocycles. The predicted molar refractivity (Wildman–Crippen MR) is 130 cm³/mol. The van der Waals surface area contributed by atoms with Crippen molar-refractivity contribution in [3.63, 3.8) is 0 Å². The van der Waals surface area contributed by atoms with Gasteiger partial charge in [-0.05, 0) is 29.8 Å². The summed E-state index contributed by atoms with van der Waals surface area (Å²) in [5.41, 5.74) is 10.5. The number of carbonyl (C=O) groups excluding carboxylic acids is 1. The summed E-state index contributed by atoms with van der Waals surface area (Å²) in [6, 6.07) is 13.3. The smallest absolute Gasteiger partial charge is 0.257 e. The normalized spacial score (nSPS) is 15.7. The van der Waals surface area contributed by atoms with E-state index in [1.807, 2.05) is 47.0 Å². The average molecular weight is 476 g/mol. The maximum atomic E-state index is 13.4. The Bertz CT molecular complexity index is 1410. The lowest BCUT2D eigenvalue weighted by molar-refractivity contribution is -0.908. The molecule has 2 aliphatic rings. The molecule has 1 fully saturated rings. The summed E-state index contributed by atoms with van der Waals surface area (Å²) in [5.74, 6) is 1.48. The van der Waals surface area contributed by atoms with E-state index in [1.54, 1.807) is 0 Å². The molecule has 0 bridgehead atoms. The van der Waals surface area contributed by atoms with Crippen molar-refractivity contribution in [2.75, 3.05) is 45.4 Å². The van der Waals surface area contributed by atoms with Crippen molar-refractivity contribution >= 4 is 33.9 Å². The lowest BCUT2D eigenvalue weighted by Gasteiger charge is -2.24. The maximum Gasteiger partial charge on any atom is 0.257 e. The van der Waals surface area contributed by atoms with Crippen LogP contribution in [0.25, 0.3) is 22.2 Å². The highest BCUT2D eigenvalue weighted by Crippen LogP contribution is 2.32. The van der Waals surface area contributed by atoms with E-state index in [0.29, 0.717) is 47.1 Å². The van der Waals surface area contributed by atoms with Crippen molar-refractivity contribution in [2.24, 2.45) is 0 Å². The fourth-order valence-corrected chi connectivity index (χ4v) is 4.67. The summed E-state index contributed by atoms with van der Waals surface area (Å²) >= 11 is 0. The van der Waals surface area contributed by atoms with Crippen LogP contribution in [0.3, 0.4) is 0 Å². The molecule has 2 aromatic carbocycles. The van der Waals surface area contributed by atoms with Crippen LogP contribution < -0.4 is 25.4 Å². The molecule has 0 unspecified atom stereocenters. The van der Waals surface area contributed by atoms with Crippen molar-refractivity contribution in [3.05, 3.63) is 53.6 Å². The summed E-state index contributed by atoms with van der Waals surface area (Å²) in [7, 11) is 0. The number of nitrogen functional groups attached to an aromatic ring is 1. The van der Waals surface area contributed by atoms with E-state index < -0.39 is 0 Å². The van der Waals surface area contributed by atoms with Gasteiger partial charge in [0.1, 0.15) is 30.0 Å². The largest absolute Gasteiger partial charge is 0.454 e. The van der Waals surface area contributed by atoms with Gasteiger partial charge in [-0.15, -0.1) is 0 Å². The first-order valence-corrected chi connectivity index (χ1v) is 11.8. The topological polar surface area (TPSA) is 118 Å². The third kappa shape index (κ3) is 4.11. The Hall–Kier alpha value is -3.89. The van der Waals surface area contributed by atoms with Gasteiger partial charge in [0, 0.05) is 6.54 Å². The second kappa shape index (κ2) is 9.05. The summed E-state index contributed by atoms with van der Waals surface area (Å²) in [6.45, 7) is 5.46. The van der Waals surface area contributed by atoms with Crippen LogP contribution in [0.4, 0.5) is 5.82 Å². The first kappa shape index (κ1) is 21.6. The van der Waals surface area contributed by atoms with Gasteiger partial charge in [-0.2, -0.15) is 0 Å². The van der Waals surface area contributed by atoms with Crippen molar-refractivity contribution in [2.45, 2.75) is 13.1 Å². The lowest BCUT2D eigenvalue weighted by Crippen LogP contribution is -3.14. The molecule has 0 saturated carbocycles. The molecular weight excluding hydrogens is 448 g/mol. The van der Waals surface area contributed by atoms with Gasteiger partial charge in [-0.25, -0.2) is 9.97 Å². The molecule has 4 aromatic rings. The van der Waals surface area contributed by atoms with E-state index in [1.165, 1.54) is 4.90 Å². The lowest BCUT2D eigenvalue weighted by atomic mass is 10.2. The van der Waals surface area contributed by atoms with Crippen LogP contribution in [0.5, 0.6) is 11.5 Å². The van der Waals surface area contributed by atoms with Crippen LogP contribution in [-0.2, 0) is 17.8 Å². The van der Waals surface area contributed by atoms with Gasteiger partial charge >= 0.3 is 0 Å². The third-order valence-electron chi connectivity index (χ3n) is 6.60. The Morgan fingerprint density at radius 3 is 2.66 bits per heavy atom. The molecule has 1 saturated heterocycles. The van der Waals surface area contributed by atoms with Crippen LogP contribution in [0.2, 0.25) is 0 Å². The number of hydrogen-bond donors (Lipinski definition) is 3. The van der Waals surface area contributed by atoms with Crippen molar-refractivity contribution in [3.8, 4) is 11.5 Å². The van der Waals surface area contributed by atoms with Gasteiger partial charge in [0.15, 0.2) is 17.1 Å². The first-order chi connectivity index (χ1) is 17.2. The zero-order valence-corrected chi connectivity index (χ0v) is 19.3. The molecule has 4 heterocycles. The summed E-state index contributed by atoms with van der Waals surface area (Å²) in [6.07, 6.45) is 0. The molecule has 35 heavy (non-hydrogen) atoms. The molecule has 2 aliphatic heterocycles. The summed E-state index contributed by atoms with van der Waals surface area (Å²) < 4.78 is 18.2. The van der Waals surface area contributed by atoms with E-state index in [-0.39, 0.29) is 12.7 Å². The van der Waals surface area contributed by atoms with E-state index in [2.05, 4.69) is 5.32 Å². The van der Waals surface area contributed by atoms with Crippen LogP contribution >= 0.6 is 0 Å². The van der Waals surface area contributed by atoms with Gasteiger partial charge < -0.3 is 34.7 Å². The number of para-hydroxylation sites is 2. The number of rotatable bonds is 6. The van der Waals surface area contributed by atoms with Gasteiger partial charge in [-0.1, -0.05) is 18.2 Å². The maximum absolute atomic E-state index is 13.4. The van der Waals surface area contributed by atoms with Crippen LogP contribution in [0.15, 0.2) is 42.5 Å². The second-order valence-electron chi connectivity index (χ2n) is 8.78. The van der Waals surface area contributed by atoms with Gasteiger partial charge in [-0.3, -0.25) is 4.79 Å². The highest BCUT2D eigenvalue weighted by molar-refractivity contribution is 6.10.